The third-order valence-electron chi connectivity index (χ3n) is 5.66. The lowest BCUT2D eigenvalue weighted by Gasteiger charge is -2.22. The van der Waals surface area contributed by atoms with Gasteiger partial charge in [-0.15, -0.1) is 0 Å². The van der Waals surface area contributed by atoms with Gasteiger partial charge in [-0.2, -0.15) is 4.31 Å². The van der Waals surface area contributed by atoms with Crippen LogP contribution in [0.2, 0.25) is 0 Å². The second kappa shape index (κ2) is 5.01. The van der Waals surface area contributed by atoms with Crippen LogP contribution in [0.25, 0.3) is 11.1 Å². The van der Waals surface area contributed by atoms with Crippen LogP contribution in [-0.2, 0) is 14.8 Å². The fourth-order valence-electron chi connectivity index (χ4n) is 4.32. The van der Waals surface area contributed by atoms with Crippen molar-refractivity contribution < 1.29 is 22.8 Å². The summed E-state index contributed by atoms with van der Waals surface area (Å²) in [6.07, 6.45) is 5.02. The lowest BCUT2D eigenvalue weighted by Crippen LogP contribution is -2.37. The van der Waals surface area contributed by atoms with Crippen molar-refractivity contribution in [3.8, 4) is 0 Å². The molecule has 25 heavy (non-hydrogen) atoms. The number of fused-ring (bicyclic) bond motifs is 3. The molecule has 2 aliphatic heterocycles. The average Bonchev–Trinajstić information content (AvgIpc) is 3.07. The number of sulfonamides is 1. The minimum Gasteiger partial charge on any atom is -0.481 e. The Bertz CT molecular complexity index is 981. The Hall–Kier alpha value is -2.00. The van der Waals surface area contributed by atoms with Crippen LogP contribution < -0.4 is 0 Å². The van der Waals surface area contributed by atoms with Crippen molar-refractivity contribution >= 4 is 27.1 Å². The lowest BCUT2D eigenvalue weighted by molar-refractivity contribution is -0.142. The molecule has 8 nitrogen and oxygen atoms in total. The molecule has 4 heterocycles. The van der Waals surface area contributed by atoms with Gasteiger partial charge in [-0.25, -0.2) is 13.4 Å². The van der Waals surface area contributed by atoms with Crippen molar-refractivity contribution in [1.82, 2.24) is 14.4 Å². The highest BCUT2D eigenvalue weighted by molar-refractivity contribution is 7.89. The highest BCUT2D eigenvalue weighted by Gasteiger charge is 2.54. The van der Waals surface area contributed by atoms with Crippen LogP contribution in [0.4, 0.5) is 0 Å². The Morgan fingerprint density at radius 2 is 2.08 bits per heavy atom. The first kappa shape index (κ1) is 15.3. The SMILES string of the molecule is O=C(O)C1CC2CCC1N2S(=O)(=O)c1cnc2onc(C3CC3)c2c1. The molecule has 9 heteroatoms. The molecule has 3 atom stereocenters. The van der Waals surface area contributed by atoms with Crippen molar-refractivity contribution in [2.45, 2.75) is 55.0 Å². The summed E-state index contributed by atoms with van der Waals surface area (Å²) in [7, 11) is -3.79. The number of carbonyl (C=O) groups is 1. The van der Waals surface area contributed by atoms with E-state index in [1.807, 2.05) is 0 Å². The van der Waals surface area contributed by atoms with E-state index in [0.717, 1.165) is 18.5 Å². The Morgan fingerprint density at radius 3 is 2.76 bits per heavy atom. The van der Waals surface area contributed by atoms with Crippen LogP contribution >= 0.6 is 0 Å². The van der Waals surface area contributed by atoms with E-state index in [1.165, 1.54) is 10.5 Å². The van der Waals surface area contributed by atoms with E-state index in [-0.39, 0.29) is 10.9 Å². The molecule has 2 bridgehead atoms. The second-order valence-corrected chi connectivity index (χ2v) is 9.02. The van der Waals surface area contributed by atoms with Crippen LogP contribution in [0.1, 0.15) is 43.7 Å². The molecule has 0 spiro atoms. The summed E-state index contributed by atoms with van der Waals surface area (Å²) >= 11 is 0. The maximum absolute atomic E-state index is 13.2. The molecule has 3 aliphatic rings. The molecule has 2 aromatic rings. The largest absolute Gasteiger partial charge is 0.481 e. The molecule has 132 valence electrons. The number of hydrogen-bond donors (Lipinski definition) is 1. The summed E-state index contributed by atoms with van der Waals surface area (Å²) in [6, 6.07) is 0.876. The zero-order valence-electron chi connectivity index (χ0n) is 13.3. The number of hydrogen-bond acceptors (Lipinski definition) is 6. The van der Waals surface area contributed by atoms with Gasteiger partial charge < -0.3 is 9.63 Å². The molecule has 1 aliphatic carbocycles. The summed E-state index contributed by atoms with van der Waals surface area (Å²) in [6.45, 7) is 0. The minimum absolute atomic E-state index is 0.0908. The van der Waals surface area contributed by atoms with Gasteiger partial charge in [0, 0.05) is 18.0 Å². The smallest absolute Gasteiger partial charge is 0.308 e. The number of nitrogens with zero attached hydrogens (tertiary/aromatic N) is 3. The van der Waals surface area contributed by atoms with Crippen LogP contribution in [0.3, 0.4) is 0 Å². The minimum atomic E-state index is -3.79. The first-order chi connectivity index (χ1) is 12.0. The monoisotopic (exact) mass is 363 g/mol. The van der Waals surface area contributed by atoms with E-state index in [9.17, 15) is 18.3 Å². The fourth-order valence-corrected chi connectivity index (χ4v) is 6.21. The highest BCUT2D eigenvalue weighted by Crippen LogP contribution is 2.46. The standard InChI is InChI=1S/C16H17N3O5S/c20-16(21)11-5-9-3-4-13(11)19(9)25(22,23)10-6-12-14(8-1-2-8)18-24-15(12)17-7-10/h6-9,11,13H,1-5H2,(H,20,21). The summed E-state index contributed by atoms with van der Waals surface area (Å²) in [4.78, 5) is 15.6. The number of pyridine rings is 1. The summed E-state index contributed by atoms with van der Waals surface area (Å²) in [5.74, 6) is -1.22. The molecule has 3 fully saturated rings. The first-order valence-corrected chi connectivity index (χ1v) is 9.92. The Balaban J connectivity index is 1.57. The van der Waals surface area contributed by atoms with E-state index in [1.54, 1.807) is 6.07 Å². The Labute approximate surface area is 143 Å². The molecule has 0 amide bonds. The highest BCUT2D eigenvalue weighted by atomic mass is 32.2. The average molecular weight is 363 g/mol. The van der Waals surface area contributed by atoms with Crippen LogP contribution in [0, 0.1) is 5.92 Å². The number of carboxylic acid groups (broad SMARTS) is 1. The van der Waals surface area contributed by atoms with E-state index in [2.05, 4.69) is 10.1 Å². The zero-order chi connectivity index (χ0) is 17.3. The Morgan fingerprint density at radius 1 is 1.28 bits per heavy atom. The van der Waals surface area contributed by atoms with E-state index < -0.39 is 28.0 Å². The molecule has 2 saturated heterocycles. The third kappa shape index (κ3) is 2.15. The van der Waals surface area contributed by atoms with Gasteiger partial charge >= 0.3 is 5.97 Å². The van der Waals surface area contributed by atoms with Gasteiger partial charge in [0.05, 0.1) is 23.2 Å². The number of carboxylic acids is 1. The van der Waals surface area contributed by atoms with Gasteiger partial charge in [-0.05, 0) is 38.2 Å². The van der Waals surface area contributed by atoms with Crippen LogP contribution in [-0.4, -0.2) is 46.0 Å². The summed E-state index contributed by atoms with van der Waals surface area (Å²) in [5, 5.41) is 14.0. The number of aromatic nitrogens is 2. The van der Waals surface area contributed by atoms with Gasteiger partial charge in [0.2, 0.25) is 10.0 Å². The van der Waals surface area contributed by atoms with Crippen molar-refractivity contribution in [3.63, 3.8) is 0 Å². The van der Waals surface area contributed by atoms with Crippen molar-refractivity contribution in [1.29, 1.82) is 0 Å². The lowest BCUT2D eigenvalue weighted by atomic mass is 9.89. The van der Waals surface area contributed by atoms with Crippen molar-refractivity contribution in [3.05, 3.63) is 18.0 Å². The molecule has 5 rings (SSSR count). The molecular formula is C16H17N3O5S. The molecule has 3 unspecified atom stereocenters. The molecule has 0 aromatic carbocycles. The molecule has 1 N–H and O–H groups in total. The van der Waals surface area contributed by atoms with Crippen LogP contribution in [0.15, 0.2) is 21.7 Å². The van der Waals surface area contributed by atoms with Gasteiger partial charge in [0.25, 0.3) is 5.71 Å². The summed E-state index contributed by atoms with van der Waals surface area (Å²) < 4.78 is 32.9. The third-order valence-corrected chi connectivity index (χ3v) is 7.60. The van der Waals surface area contributed by atoms with E-state index in [4.69, 9.17) is 4.52 Å². The number of rotatable bonds is 4. The van der Waals surface area contributed by atoms with Crippen LogP contribution in [0.5, 0.6) is 0 Å². The van der Waals surface area contributed by atoms with Crippen molar-refractivity contribution in [2.75, 3.05) is 0 Å². The predicted molar refractivity (Wildman–Crippen MR) is 85.4 cm³/mol. The fraction of sp³-hybridized carbons (Fsp3) is 0.562. The topological polar surface area (TPSA) is 114 Å². The second-order valence-electron chi connectivity index (χ2n) is 7.18. The molecule has 0 radical (unpaired) electrons. The maximum atomic E-state index is 13.2. The van der Waals surface area contributed by atoms with Gasteiger partial charge in [0.15, 0.2) is 0 Å². The maximum Gasteiger partial charge on any atom is 0.308 e. The van der Waals surface area contributed by atoms with E-state index in [0.29, 0.717) is 36.3 Å². The quantitative estimate of drug-likeness (QED) is 0.880. The van der Waals surface area contributed by atoms with Crippen molar-refractivity contribution in [2.24, 2.45) is 5.92 Å². The molecule has 2 aromatic heterocycles. The van der Waals surface area contributed by atoms with Gasteiger partial charge in [0.1, 0.15) is 4.90 Å². The predicted octanol–water partition coefficient (Wildman–Crippen LogP) is 1.73. The molecule has 1 saturated carbocycles. The van der Waals surface area contributed by atoms with Gasteiger partial charge in [-0.1, -0.05) is 5.16 Å². The Kier molecular flexibility index (Phi) is 3.06. The van der Waals surface area contributed by atoms with E-state index >= 15 is 0 Å². The normalized spacial score (nSPS) is 29.5. The van der Waals surface area contributed by atoms with Gasteiger partial charge in [-0.3, -0.25) is 4.79 Å². The zero-order valence-corrected chi connectivity index (χ0v) is 14.1. The summed E-state index contributed by atoms with van der Waals surface area (Å²) in [5.41, 5.74) is 1.11. The molecular weight excluding hydrogens is 346 g/mol. The number of aliphatic carboxylic acids is 1. The first-order valence-electron chi connectivity index (χ1n) is 8.48.